The normalized spacial score (nSPS) is 10.9. The van der Waals surface area contributed by atoms with Gasteiger partial charge in [0.15, 0.2) is 34.5 Å². The molecule has 0 saturated carbocycles. The van der Waals surface area contributed by atoms with Gasteiger partial charge in [0.25, 0.3) is 0 Å². The summed E-state index contributed by atoms with van der Waals surface area (Å²) in [6.45, 7) is 10.3. The van der Waals surface area contributed by atoms with E-state index in [9.17, 15) is 0 Å². The first-order valence-corrected chi connectivity index (χ1v) is 43.7. The minimum Gasteiger partial charge on any atom is -0.504 e. The number of anilines is 18. The second-order valence-corrected chi connectivity index (χ2v) is 32.0. The fourth-order valence-corrected chi connectivity index (χ4v) is 14.8. The molecule has 0 amide bonds. The highest BCUT2D eigenvalue weighted by Crippen LogP contribution is 2.44. The molecule has 1 aromatic heterocycles. The number of nitrogens with one attached hydrogen (secondary N) is 6. The lowest BCUT2D eigenvalue weighted by Gasteiger charge is -2.24. The molecule has 3 aliphatic heterocycles. The van der Waals surface area contributed by atoms with E-state index < -0.39 is 0 Å². The van der Waals surface area contributed by atoms with Crippen molar-refractivity contribution in [2.45, 2.75) is 34.6 Å². The molecule has 0 saturated heterocycles. The number of fused-ring (bicyclic) bond motifs is 14. The first kappa shape index (κ1) is 93.1. The van der Waals surface area contributed by atoms with Crippen LogP contribution in [0.1, 0.15) is 29.2 Å². The smallest absolute Gasteiger partial charge is 0.158 e. The molecule has 3 aliphatic rings. The molecule has 21 nitrogen and oxygen atoms in total. The first-order valence-electron chi connectivity index (χ1n) is 43.7. The Labute approximate surface area is 782 Å². The standard InChI is InChI=1S/C18H16N2.C16H12N2.C12H10N2.C12H8N2.C10H10N2.3C10H8O2.C8H12N2.C6H8N2.C2H6O/c1-11-7-15-16(8-12(11)2)20-18-10-14-6-4-3-5-13(14)9-17(18)19-15;1-2-6-12-10-16-15(9-11(12)5-1)17-13-7-3-4-8-14(13)18-16;2*1-2-6-10-9(5-1)13-11-7-3-4-8-12(11)14-10;4*11-9-5-7-3-1-2-4-8(7)6-10(9)12;1-5-3-7(9)8(10)4-6(5)2;7-5-3-1-2-4-6(5)8;1-2-3/h3-10,19-20H,1-2H3;1-10,17-18H;1-8,13-14H;1-8H;1-6H,11-12H2;3*1-6,11-12H;3-4H,9-10H2,1-2H3;1-4H,7-8H2;3H,2H2,1H3. The fourth-order valence-electron chi connectivity index (χ4n) is 14.8. The van der Waals surface area contributed by atoms with E-state index in [1.165, 1.54) is 43.8 Å². The largest absolute Gasteiger partial charge is 0.504 e. The van der Waals surface area contributed by atoms with Crippen LogP contribution in [0.3, 0.4) is 0 Å². The van der Waals surface area contributed by atoms with E-state index in [2.05, 4.69) is 177 Å². The number of hydrogen-bond acceptors (Lipinski definition) is 21. The van der Waals surface area contributed by atoms with Crippen LogP contribution in [-0.4, -0.2) is 52.3 Å². The van der Waals surface area contributed by atoms with Crippen molar-refractivity contribution in [3.8, 4) is 34.5 Å². The Balaban J connectivity index is 0.000000121. The van der Waals surface area contributed by atoms with Gasteiger partial charge >= 0.3 is 0 Å². The average Bonchev–Trinajstić information content (AvgIpc) is 0.769. The number of hydrogen-bond donors (Lipinski definition) is 19. The predicted molar refractivity (Wildman–Crippen MR) is 567 cm³/mol. The van der Waals surface area contributed by atoms with E-state index in [1.54, 1.807) is 55.5 Å². The maximum Gasteiger partial charge on any atom is 0.158 e. The van der Waals surface area contributed by atoms with Crippen LogP contribution in [0, 0.1) is 27.7 Å². The van der Waals surface area contributed by atoms with E-state index in [1.807, 2.05) is 232 Å². The molecule has 4 heterocycles. The number of nitrogens with zero attached hydrogens (tertiary/aromatic N) is 2. The zero-order chi connectivity index (χ0) is 95.0. The third kappa shape index (κ3) is 24.1. The number of aliphatic hydroxyl groups is 1. The molecule has 135 heavy (non-hydrogen) atoms. The summed E-state index contributed by atoms with van der Waals surface area (Å²) in [4.78, 5) is 9.03. The topological polar surface area (TPSA) is 396 Å². The highest BCUT2D eigenvalue weighted by atomic mass is 16.3. The van der Waals surface area contributed by atoms with Crippen LogP contribution in [0.15, 0.2) is 388 Å². The molecular weight excluding hydrogens is 1680 g/mol. The molecular formula is C114H106N14O7. The van der Waals surface area contributed by atoms with Gasteiger partial charge in [-0.3, -0.25) is 0 Å². The number of phenolic OH excluding ortho intramolecular Hbond substituents is 6. The third-order valence-electron chi connectivity index (χ3n) is 22.2. The average molecular weight is 1780 g/mol. The monoisotopic (exact) mass is 1780 g/mol. The van der Waals surface area contributed by atoms with Crippen molar-refractivity contribution < 1.29 is 35.7 Å². The molecule has 20 aromatic carbocycles. The Morgan fingerprint density at radius 2 is 0.333 bits per heavy atom. The Hall–Kier alpha value is -18.1. The lowest BCUT2D eigenvalue weighted by atomic mass is 10.0. The highest BCUT2D eigenvalue weighted by Gasteiger charge is 2.19. The maximum absolute atomic E-state index is 9.17. The van der Waals surface area contributed by atoms with Crippen molar-refractivity contribution in [2.75, 3.05) is 72.9 Å². The Morgan fingerprint density at radius 1 is 0.185 bits per heavy atom. The van der Waals surface area contributed by atoms with Gasteiger partial charge < -0.3 is 102 Å². The number of rotatable bonds is 0. The summed E-state index contributed by atoms with van der Waals surface area (Å²) >= 11 is 0. The second kappa shape index (κ2) is 43.8. The summed E-state index contributed by atoms with van der Waals surface area (Å²) in [7, 11) is 0. The number of nitrogen functional groups attached to an aromatic ring is 6. The zero-order valence-electron chi connectivity index (χ0n) is 75.1. The summed E-state index contributed by atoms with van der Waals surface area (Å²) < 4.78 is 0. The Morgan fingerprint density at radius 3 is 0.548 bits per heavy atom. The number of phenols is 6. The molecule has 0 bridgehead atoms. The van der Waals surface area contributed by atoms with Crippen molar-refractivity contribution in [1.29, 1.82) is 0 Å². The summed E-state index contributed by atoms with van der Waals surface area (Å²) in [6, 6.07) is 125. The van der Waals surface area contributed by atoms with E-state index >= 15 is 0 Å². The van der Waals surface area contributed by atoms with Crippen molar-refractivity contribution in [3.05, 3.63) is 411 Å². The van der Waals surface area contributed by atoms with Crippen molar-refractivity contribution in [3.63, 3.8) is 0 Å². The zero-order valence-corrected chi connectivity index (χ0v) is 75.1. The second-order valence-electron chi connectivity index (χ2n) is 32.0. The summed E-state index contributed by atoms with van der Waals surface area (Å²) in [5.74, 6) is -0.452. The van der Waals surface area contributed by atoms with Crippen molar-refractivity contribution in [2.24, 2.45) is 0 Å². The fraction of sp³-hybridized carbons (Fsp3) is 0.0526. The van der Waals surface area contributed by atoms with Gasteiger partial charge in [0.2, 0.25) is 0 Å². The molecule has 24 rings (SSSR count). The quantitative estimate of drug-likeness (QED) is 0.0381. The van der Waals surface area contributed by atoms with Gasteiger partial charge in [-0.05, 0) is 291 Å². The number of para-hydroxylation sites is 12. The van der Waals surface area contributed by atoms with Crippen LogP contribution in [0.2, 0.25) is 0 Å². The molecule has 0 aliphatic carbocycles. The van der Waals surface area contributed by atoms with Gasteiger partial charge in [-0.1, -0.05) is 218 Å². The van der Waals surface area contributed by atoms with Gasteiger partial charge in [0, 0.05) is 6.61 Å². The van der Waals surface area contributed by atoms with Crippen LogP contribution in [-0.2, 0) is 0 Å². The lowest BCUT2D eigenvalue weighted by Crippen LogP contribution is -2.07. The summed E-state index contributed by atoms with van der Waals surface area (Å²) in [6.07, 6.45) is 0. The number of benzene rings is 20. The molecule has 21 heteroatoms. The molecule has 0 spiro atoms. The van der Waals surface area contributed by atoms with E-state index in [4.69, 9.17) is 70.1 Å². The van der Waals surface area contributed by atoms with E-state index in [0.29, 0.717) is 34.1 Å². The molecule has 0 radical (unpaired) electrons. The molecule has 674 valence electrons. The van der Waals surface area contributed by atoms with Crippen LogP contribution in [0.4, 0.5) is 102 Å². The number of aryl methyl sites for hydroxylation is 4. The van der Waals surface area contributed by atoms with Crippen molar-refractivity contribution in [1.82, 2.24) is 9.97 Å². The Kier molecular flexibility index (Phi) is 30.2. The number of aromatic nitrogens is 2. The van der Waals surface area contributed by atoms with E-state index in [-0.39, 0.29) is 41.1 Å². The van der Waals surface area contributed by atoms with Gasteiger partial charge in [-0.2, -0.15) is 0 Å². The van der Waals surface area contributed by atoms with Gasteiger partial charge in [0.05, 0.1) is 124 Å². The molecule has 0 atom stereocenters. The van der Waals surface area contributed by atoms with Crippen LogP contribution in [0.5, 0.6) is 34.5 Å². The minimum absolute atomic E-state index is 0.0753. The Bertz CT molecular complexity index is 6880. The van der Waals surface area contributed by atoms with Crippen LogP contribution in [0.25, 0.3) is 86.7 Å². The first-order chi connectivity index (χ1) is 65.4. The molecule has 0 unspecified atom stereocenters. The maximum atomic E-state index is 9.17. The highest BCUT2D eigenvalue weighted by molar-refractivity contribution is 6.02. The van der Waals surface area contributed by atoms with Gasteiger partial charge in [-0.25, -0.2) is 9.97 Å². The van der Waals surface area contributed by atoms with Gasteiger partial charge in [0.1, 0.15) is 0 Å². The predicted octanol–water partition coefficient (Wildman–Crippen LogP) is 27.2. The number of nitrogens with two attached hydrogens (primary N) is 6. The summed E-state index contributed by atoms with van der Waals surface area (Å²) in [5, 5.41) is 96.2. The number of aliphatic hydroxyl groups excluding tert-OH is 1. The summed E-state index contributed by atoms with van der Waals surface area (Å²) in [5.41, 5.74) is 59.6. The molecule has 0 fully saturated rings. The molecule has 25 N–H and O–H groups in total. The lowest BCUT2D eigenvalue weighted by molar-refractivity contribution is 0.318. The van der Waals surface area contributed by atoms with Crippen LogP contribution >= 0.6 is 0 Å². The third-order valence-corrected chi connectivity index (χ3v) is 22.2. The minimum atomic E-state index is -0.0753. The SMILES string of the molecule is CCO.Cc1cc(N)c(N)cc1C.Cc1cc2c(cc1C)Nc1cc3ccccc3cc1N2.Nc1cc2ccccc2cc1N.Nc1ccccc1N.Oc1cc2ccccc2cc1O.Oc1cc2ccccc2cc1O.Oc1cc2ccccc2cc1O.c1ccc2c(c1)Nc1cc3ccccc3cc1N2.c1ccc2c(c1)Nc1ccccc1N2.c1ccc2nc3ccccc3nc2c1. The van der Waals surface area contributed by atoms with Gasteiger partial charge in [-0.15, -0.1) is 0 Å². The molecule has 21 aromatic rings. The number of aromatic hydroxyl groups is 6. The van der Waals surface area contributed by atoms with Crippen LogP contribution < -0.4 is 66.3 Å². The van der Waals surface area contributed by atoms with E-state index in [0.717, 1.165) is 133 Å². The van der Waals surface area contributed by atoms with Crippen molar-refractivity contribution >= 4 is 189 Å².